The lowest BCUT2D eigenvalue weighted by molar-refractivity contribution is 0.0942. The molecule has 0 spiro atoms. The number of hydrogen-bond acceptors (Lipinski definition) is 14. The zero-order valence-corrected chi connectivity index (χ0v) is 52.6. The molecule has 3 aliphatic rings. The number of rotatable bonds is 16. The van der Waals surface area contributed by atoms with E-state index in [1.54, 1.807) is 110 Å². The Morgan fingerprint density at radius 3 is 1.21 bits per heavy atom. The number of aliphatic hydroxyl groups is 1. The van der Waals surface area contributed by atoms with E-state index in [0.717, 1.165) is 71.4 Å². The van der Waals surface area contributed by atoms with Gasteiger partial charge < -0.3 is 37.8 Å². The van der Waals surface area contributed by atoms with Crippen molar-refractivity contribution < 1.29 is 33.9 Å². The molecule has 0 bridgehead atoms. The highest BCUT2D eigenvalue weighted by Gasteiger charge is 2.28. The number of nitriles is 1. The zero-order chi connectivity index (χ0) is 64.5. The molecule has 9 N–H and O–H groups in total. The first-order valence-corrected chi connectivity index (χ1v) is 30.6. The molecule has 3 fully saturated rings. The van der Waals surface area contributed by atoms with Crippen molar-refractivity contribution in [3.8, 4) is 17.4 Å². The first-order chi connectivity index (χ1) is 42.7. The normalized spacial score (nSPS) is 13.0. The molecule has 2 aromatic heterocycles. The maximum absolute atomic E-state index is 12.9. The summed E-state index contributed by atoms with van der Waals surface area (Å²) in [5.74, 6) is -0.162. The van der Waals surface area contributed by atoms with E-state index in [4.69, 9.17) is 21.8 Å². The Morgan fingerprint density at radius 2 is 0.888 bits per heavy atom. The SMILES string of the molecule is CCO.CNc1cc(C(=O)NC2CC2)ccc1C.CS/C(C)=C(\C#N)C(=O)c1ccccc1.Cc1ccc(C(=O)NC2CC2)cc1-n1nc(C)c(C(=O)c2ccccc2)c1N.Cc1ccc(C(=O)NC2CC2)cc1-n1nc(C)c(C(=O)c2ccccc2)c1N. The van der Waals surface area contributed by atoms with Crippen molar-refractivity contribution in [2.75, 3.05) is 36.7 Å². The maximum Gasteiger partial charge on any atom is 0.251 e. The number of allylic oxidation sites excluding steroid dienone is 2. The van der Waals surface area contributed by atoms with Crippen LogP contribution in [0.4, 0.5) is 17.3 Å². The number of thioether (sulfide) groups is 1. The van der Waals surface area contributed by atoms with Crippen molar-refractivity contribution >= 4 is 64.2 Å². The second-order valence-corrected chi connectivity index (χ2v) is 22.7. The van der Waals surface area contributed by atoms with Gasteiger partial charge in [-0.15, -0.1) is 11.8 Å². The number of benzene rings is 6. The topological polar surface area (TPSA) is 282 Å². The molecule has 0 atom stereocenters. The van der Waals surface area contributed by atoms with E-state index in [1.807, 2.05) is 113 Å². The van der Waals surface area contributed by atoms with E-state index < -0.39 is 0 Å². The number of nitrogens with two attached hydrogens (primary N) is 2. The molecule has 89 heavy (non-hydrogen) atoms. The highest BCUT2D eigenvalue weighted by Crippen LogP contribution is 2.30. The van der Waals surface area contributed by atoms with E-state index in [2.05, 4.69) is 31.5 Å². The van der Waals surface area contributed by atoms with E-state index in [-0.39, 0.29) is 71.0 Å². The summed E-state index contributed by atoms with van der Waals surface area (Å²) in [5, 5.41) is 37.5. The Kier molecular flexibility index (Phi) is 23.3. The van der Waals surface area contributed by atoms with E-state index >= 15 is 0 Å². The largest absolute Gasteiger partial charge is 0.397 e. The maximum atomic E-state index is 12.9. The summed E-state index contributed by atoms with van der Waals surface area (Å²) >= 11 is 1.42. The van der Waals surface area contributed by atoms with Gasteiger partial charge in [0.15, 0.2) is 11.6 Å². The summed E-state index contributed by atoms with van der Waals surface area (Å²) in [6.45, 7) is 13.1. The lowest BCUT2D eigenvalue weighted by Gasteiger charge is -2.11. The Bertz CT molecular complexity index is 3760. The number of ketones is 3. The third-order valence-corrected chi connectivity index (χ3v) is 15.5. The van der Waals surface area contributed by atoms with Gasteiger partial charge in [0.25, 0.3) is 17.7 Å². The standard InChI is InChI=1S/2C22H22N4O2.C12H16N2O.C12H11NOS.C2H6O/c2*1-13-8-9-16(22(28)24-17-10-11-17)12-18(13)26-21(23)19(14(2)25-26)20(27)15-6-4-3-5-7-15;1-8-3-4-9(7-11(8)13-2)12(15)14-10-5-6-10;1-9(15-2)11(8-13)12(14)10-6-4-3-5-7-10;1-2-3/h2*3-9,12,17H,10-11,23H2,1-2H3,(H,24,28);3-4,7,10,13H,5-6H2,1-2H3,(H,14,15);3-7H,1-2H3;3H,2H2,1H3/b;;;11-9+;. The van der Waals surface area contributed by atoms with Crippen molar-refractivity contribution in [3.63, 3.8) is 0 Å². The number of nitrogen functional groups attached to an aromatic ring is 2. The molecule has 0 saturated heterocycles. The van der Waals surface area contributed by atoms with Gasteiger partial charge in [0.2, 0.25) is 5.78 Å². The van der Waals surface area contributed by atoms with Crippen molar-refractivity contribution in [1.29, 1.82) is 5.26 Å². The number of nitrogens with one attached hydrogen (secondary N) is 4. The molecular weight excluding hydrogens is 1140 g/mol. The number of hydrogen-bond donors (Lipinski definition) is 7. The van der Waals surface area contributed by atoms with Gasteiger partial charge in [-0.1, -0.05) is 109 Å². The molecular formula is C70H77N11O7S. The van der Waals surface area contributed by atoms with Crippen molar-refractivity contribution in [1.82, 2.24) is 35.5 Å². The summed E-state index contributed by atoms with van der Waals surface area (Å²) in [7, 11) is 1.87. The Balaban J connectivity index is 0.000000173. The van der Waals surface area contributed by atoms with Gasteiger partial charge in [0.1, 0.15) is 23.3 Å². The van der Waals surface area contributed by atoms with E-state index in [0.29, 0.717) is 67.7 Å². The number of carbonyl (C=O) groups excluding carboxylic acids is 6. The van der Waals surface area contributed by atoms with Gasteiger partial charge in [0, 0.05) is 75.8 Å². The highest BCUT2D eigenvalue weighted by molar-refractivity contribution is 8.02. The lowest BCUT2D eigenvalue weighted by Crippen LogP contribution is -2.25. The number of anilines is 3. The Labute approximate surface area is 524 Å². The summed E-state index contributed by atoms with van der Waals surface area (Å²) in [6, 6.07) is 46.4. The molecule has 0 unspecified atom stereocenters. The molecule has 2 heterocycles. The summed E-state index contributed by atoms with van der Waals surface area (Å²) in [4.78, 5) is 75.0. The van der Waals surface area contributed by atoms with E-state index in [1.165, 1.54) is 11.8 Å². The summed E-state index contributed by atoms with van der Waals surface area (Å²) in [5.41, 5.74) is 23.7. The first kappa shape index (κ1) is 66.6. The monoisotopic (exact) mass is 1220 g/mol. The number of aliphatic hydroxyl groups excluding tert-OH is 1. The fourth-order valence-electron chi connectivity index (χ4n) is 9.09. The van der Waals surface area contributed by atoms with Crippen molar-refractivity contribution in [2.24, 2.45) is 0 Å². The second kappa shape index (κ2) is 31.1. The molecule has 3 amide bonds. The predicted molar refractivity (Wildman–Crippen MR) is 352 cm³/mol. The molecule has 3 saturated carbocycles. The third kappa shape index (κ3) is 17.6. The zero-order valence-electron chi connectivity index (χ0n) is 51.7. The molecule has 0 radical (unpaired) electrons. The average Bonchev–Trinajstić information content (AvgIpc) is 1.80. The average molecular weight is 1220 g/mol. The molecule has 6 aromatic carbocycles. The van der Waals surface area contributed by atoms with Crippen LogP contribution in [0.25, 0.3) is 11.4 Å². The molecule has 3 aliphatic carbocycles. The van der Waals surface area contributed by atoms with Crippen LogP contribution < -0.4 is 32.7 Å². The fraction of sp³-hybridized carbons (Fsp3) is 0.271. The second-order valence-electron chi connectivity index (χ2n) is 21.7. The number of aryl methyl sites for hydroxylation is 5. The number of Topliss-reactive ketones (excluding diaryl/α,β-unsaturated/α-hetero) is 1. The molecule has 8 aromatic rings. The minimum Gasteiger partial charge on any atom is -0.397 e. The van der Waals surface area contributed by atoms with Gasteiger partial charge in [-0.25, -0.2) is 9.36 Å². The van der Waals surface area contributed by atoms with Crippen LogP contribution >= 0.6 is 11.8 Å². The Hall–Kier alpha value is -9.90. The highest BCUT2D eigenvalue weighted by atomic mass is 32.2. The van der Waals surface area contributed by atoms with Crippen LogP contribution in [-0.2, 0) is 0 Å². The van der Waals surface area contributed by atoms with E-state index in [9.17, 15) is 28.8 Å². The lowest BCUT2D eigenvalue weighted by atomic mass is 10.0. The molecule has 11 rings (SSSR count). The summed E-state index contributed by atoms with van der Waals surface area (Å²) in [6.07, 6.45) is 8.21. The van der Waals surface area contributed by atoms with Crippen LogP contribution in [0.5, 0.6) is 0 Å². The van der Waals surface area contributed by atoms with Crippen LogP contribution in [0.15, 0.2) is 156 Å². The molecule has 18 nitrogen and oxygen atoms in total. The number of nitrogens with zero attached hydrogens (tertiary/aromatic N) is 5. The predicted octanol–water partition coefficient (Wildman–Crippen LogP) is 11.3. The van der Waals surface area contributed by atoms with Gasteiger partial charge in [0.05, 0.1) is 33.9 Å². The molecule has 460 valence electrons. The number of carbonyl (C=O) groups is 6. The Morgan fingerprint density at radius 1 is 0.551 bits per heavy atom. The quantitative estimate of drug-likeness (QED) is 0.0269. The van der Waals surface area contributed by atoms with Crippen LogP contribution in [-0.4, -0.2) is 97.8 Å². The van der Waals surface area contributed by atoms with Gasteiger partial charge in [-0.05, 0) is 146 Å². The van der Waals surface area contributed by atoms with Gasteiger partial charge >= 0.3 is 0 Å². The first-order valence-electron chi connectivity index (χ1n) is 29.4. The minimum atomic E-state index is -0.204. The van der Waals surface area contributed by atoms with Crippen molar-refractivity contribution in [2.45, 2.75) is 105 Å². The van der Waals surface area contributed by atoms with Gasteiger partial charge in [-0.3, -0.25) is 28.8 Å². The third-order valence-electron chi connectivity index (χ3n) is 14.7. The van der Waals surface area contributed by atoms with Crippen LogP contribution in [0.3, 0.4) is 0 Å². The molecule has 0 aliphatic heterocycles. The van der Waals surface area contributed by atoms with Crippen molar-refractivity contribution in [3.05, 3.63) is 229 Å². The minimum absolute atomic E-state index is 0.0361. The van der Waals surface area contributed by atoms with Gasteiger partial charge in [-0.2, -0.15) is 15.5 Å². The molecule has 19 heteroatoms. The number of aromatic nitrogens is 4. The van der Waals surface area contributed by atoms with Crippen LogP contribution in [0.2, 0.25) is 0 Å². The van der Waals surface area contributed by atoms with Crippen LogP contribution in [0.1, 0.15) is 154 Å². The van der Waals surface area contributed by atoms with Crippen LogP contribution in [0, 0.1) is 45.9 Å². The summed E-state index contributed by atoms with van der Waals surface area (Å²) < 4.78 is 3.10. The fourth-order valence-corrected chi connectivity index (χ4v) is 9.43. The number of amides is 3. The smallest absolute Gasteiger partial charge is 0.251 e.